The average Bonchev–Trinajstić information content (AvgIpc) is 2.71. The maximum Gasteiger partial charge on any atom is 0.242 e. The summed E-state index contributed by atoms with van der Waals surface area (Å²) in [6.45, 7) is 0. The van der Waals surface area contributed by atoms with E-state index in [4.69, 9.17) is 11.6 Å². The van der Waals surface area contributed by atoms with E-state index in [9.17, 15) is 13.2 Å². The number of fused-ring (bicyclic) bond motifs is 1. The highest BCUT2D eigenvalue weighted by molar-refractivity contribution is 7.98. The number of anilines is 1. The minimum atomic E-state index is -3.86. The standard InChI is InChI=1S/C21H21ClN2O3S2/c1-28-13-12-20(24-29(26,27)19-10-7-17(22)8-11-19)21(25)23-18-9-6-15-4-2-3-5-16(15)14-18/h2-11,14,20,24H,12-13H2,1H3,(H,23,25). The summed E-state index contributed by atoms with van der Waals surface area (Å²) >= 11 is 7.38. The predicted molar refractivity (Wildman–Crippen MR) is 121 cm³/mol. The maximum absolute atomic E-state index is 12.8. The van der Waals surface area contributed by atoms with Gasteiger partial charge in [-0.2, -0.15) is 16.5 Å². The number of carbonyl (C=O) groups is 1. The van der Waals surface area contributed by atoms with E-state index in [0.29, 0.717) is 22.9 Å². The van der Waals surface area contributed by atoms with Gasteiger partial charge in [0.15, 0.2) is 0 Å². The Morgan fingerprint density at radius 2 is 1.72 bits per heavy atom. The number of sulfonamides is 1. The number of hydrogen-bond acceptors (Lipinski definition) is 4. The first kappa shape index (κ1) is 21.6. The lowest BCUT2D eigenvalue weighted by atomic mass is 10.1. The van der Waals surface area contributed by atoms with Crippen molar-refractivity contribution in [3.05, 3.63) is 71.8 Å². The number of nitrogens with one attached hydrogen (secondary N) is 2. The van der Waals surface area contributed by atoms with Gasteiger partial charge in [0.1, 0.15) is 6.04 Å². The molecule has 5 nitrogen and oxygen atoms in total. The van der Waals surface area contributed by atoms with Gasteiger partial charge in [-0.15, -0.1) is 0 Å². The number of hydrogen-bond donors (Lipinski definition) is 2. The van der Waals surface area contributed by atoms with E-state index in [2.05, 4.69) is 10.0 Å². The van der Waals surface area contributed by atoms with E-state index in [1.54, 1.807) is 17.8 Å². The van der Waals surface area contributed by atoms with Gasteiger partial charge in [0.25, 0.3) is 0 Å². The fourth-order valence-electron chi connectivity index (χ4n) is 2.84. The van der Waals surface area contributed by atoms with Crippen LogP contribution in [0.2, 0.25) is 5.02 Å². The maximum atomic E-state index is 12.8. The van der Waals surface area contributed by atoms with Crippen molar-refractivity contribution in [3.8, 4) is 0 Å². The Hall–Kier alpha value is -2.06. The Morgan fingerprint density at radius 3 is 2.41 bits per heavy atom. The monoisotopic (exact) mass is 448 g/mol. The van der Waals surface area contributed by atoms with Crippen LogP contribution in [0.1, 0.15) is 6.42 Å². The van der Waals surface area contributed by atoms with Crippen molar-refractivity contribution in [2.75, 3.05) is 17.3 Å². The van der Waals surface area contributed by atoms with Gasteiger partial charge in [-0.05, 0) is 65.6 Å². The summed E-state index contributed by atoms with van der Waals surface area (Å²) in [6.07, 6.45) is 2.28. The summed E-state index contributed by atoms with van der Waals surface area (Å²) in [5.41, 5.74) is 0.619. The summed E-state index contributed by atoms with van der Waals surface area (Å²) in [7, 11) is -3.86. The Morgan fingerprint density at radius 1 is 1.03 bits per heavy atom. The largest absolute Gasteiger partial charge is 0.325 e. The molecule has 3 rings (SSSR count). The van der Waals surface area contributed by atoms with Crippen molar-refractivity contribution in [1.29, 1.82) is 0 Å². The molecule has 0 radical (unpaired) electrons. The second-order valence-corrected chi connectivity index (χ2v) is 9.60. The van der Waals surface area contributed by atoms with Gasteiger partial charge in [0.05, 0.1) is 4.90 Å². The molecule has 0 saturated heterocycles. The summed E-state index contributed by atoms with van der Waals surface area (Å²) < 4.78 is 27.9. The predicted octanol–water partition coefficient (Wildman–Crippen LogP) is 4.53. The highest BCUT2D eigenvalue weighted by Crippen LogP contribution is 2.20. The van der Waals surface area contributed by atoms with Gasteiger partial charge >= 0.3 is 0 Å². The second-order valence-electron chi connectivity index (χ2n) is 6.46. The van der Waals surface area contributed by atoms with E-state index in [0.717, 1.165) is 10.8 Å². The lowest BCUT2D eigenvalue weighted by Gasteiger charge is -2.18. The molecule has 0 bridgehead atoms. The van der Waals surface area contributed by atoms with Gasteiger partial charge in [0.2, 0.25) is 15.9 Å². The zero-order valence-corrected chi connectivity index (χ0v) is 18.2. The van der Waals surface area contributed by atoms with Crippen LogP contribution >= 0.6 is 23.4 Å². The quantitative estimate of drug-likeness (QED) is 0.530. The molecule has 2 N–H and O–H groups in total. The van der Waals surface area contributed by atoms with E-state index < -0.39 is 22.0 Å². The van der Waals surface area contributed by atoms with Crippen LogP contribution in [0.25, 0.3) is 10.8 Å². The molecule has 0 aromatic heterocycles. The number of rotatable bonds is 8. The lowest BCUT2D eigenvalue weighted by molar-refractivity contribution is -0.117. The molecule has 3 aromatic rings. The zero-order chi connectivity index (χ0) is 20.9. The van der Waals surface area contributed by atoms with E-state index in [1.807, 2.05) is 42.7 Å². The Bertz CT molecular complexity index is 1100. The van der Waals surface area contributed by atoms with Gasteiger partial charge < -0.3 is 5.32 Å². The average molecular weight is 449 g/mol. The fourth-order valence-corrected chi connectivity index (χ4v) is 4.67. The highest BCUT2D eigenvalue weighted by atomic mass is 35.5. The number of thioether (sulfide) groups is 1. The Balaban J connectivity index is 1.79. The van der Waals surface area contributed by atoms with Crippen LogP contribution in [-0.4, -0.2) is 32.4 Å². The molecule has 0 aliphatic carbocycles. The molecule has 0 fully saturated rings. The van der Waals surface area contributed by atoms with Crippen LogP contribution in [0.5, 0.6) is 0 Å². The van der Waals surface area contributed by atoms with E-state index >= 15 is 0 Å². The van der Waals surface area contributed by atoms with Crippen LogP contribution in [0.3, 0.4) is 0 Å². The van der Waals surface area contributed by atoms with E-state index in [-0.39, 0.29) is 4.90 Å². The topological polar surface area (TPSA) is 75.3 Å². The molecule has 0 spiro atoms. The van der Waals surface area contributed by atoms with Crippen molar-refractivity contribution in [2.24, 2.45) is 0 Å². The number of amides is 1. The van der Waals surface area contributed by atoms with Gasteiger partial charge in [-0.25, -0.2) is 8.42 Å². The lowest BCUT2D eigenvalue weighted by Crippen LogP contribution is -2.44. The van der Waals surface area contributed by atoms with Crippen LogP contribution in [0.15, 0.2) is 71.6 Å². The SMILES string of the molecule is CSCCC(NS(=O)(=O)c1ccc(Cl)cc1)C(=O)Nc1ccc2ccccc2c1. The number of benzene rings is 3. The molecular formula is C21H21ClN2O3S2. The third kappa shape index (κ3) is 5.73. The molecule has 0 aliphatic rings. The second kappa shape index (κ2) is 9.63. The molecular weight excluding hydrogens is 428 g/mol. The number of carbonyl (C=O) groups excluding carboxylic acids is 1. The van der Waals surface area contributed by atoms with Crippen molar-refractivity contribution in [1.82, 2.24) is 4.72 Å². The summed E-state index contributed by atoms with van der Waals surface area (Å²) in [4.78, 5) is 12.9. The van der Waals surface area contributed by atoms with Gasteiger partial charge in [-0.3, -0.25) is 4.79 Å². The molecule has 29 heavy (non-hydrogen) atoms. The highest BCUT2D eigenvalue weighted by Gasteiger charge is 2.25. The molecule has 0 heterocycles. The summed E-state index contributed by atoms with van der Waals surface area (Å²) in [5, 5.41) is 5.33. The molecule has 1 amide bonds. The first-order valence-electron chi connectivity index (χ1n) is 8.95. The third-order valence-corrected chi connectivity index (χ3v) is 6.75. The first-order valence-corrected chi connectivity index (χ1v) is 12.2. The Kier molecular flexibility index (Phi) is 7.18. The van der Waals surface area contributed by atoms with Crippen LogP contribution in [0, 0.1) is 0 Å². The first-order chi connectivity index (χ1) is 13.9. The summed E-state index contributed by atoms with van der Waals surface area (Å²) in [5.74, 6) is 0.241. The van der Waals surface area contributed by atoms with Crippen molar-refractivity contribution in [3.63, 3.8) is 0 Å². The molecule has 0 saturated carbocycles. The summed E-state index contributed by atoms with van der Waals surface area (Å²) in [6, 6.07) is 18.3. The third-order valence-electron chi connectivity index (χ3n) is 4.37. The molecule has 152 valence electrons. The smallest absolute Gasteiger partial charge is 0.242 e. The van der Waals surface area contributed by atoms with Gasteiger partial charge in [-0.1, -0.05) is 41.9 Å². The van der Waals surface area contributed by atoms with Crippen molar-refractivity contribution >= 4 is 55.8 Å². The van der Waals surface area contributed by atoms with Gasteiger partial charge in [0, 0.05) is 10.7 Å². The molecule has 8 heteroatoms. The van der Waals surface area contributed by atoms with E-state index in [1.165, 1.54) is 24.3 Å². The fraction of sp³-hybridized carbons (Fsp3) is 0.190. The molecule has 1 atom stereocenters. The molecule has 3 aromatic carbocycles. The zero-order valence-electron chi connectivity index (χ0n) is 15.8. The van der Waals surface area contributed by atoms with Crippen LogP contribution in [-0.2, 0) is 14.8 Å². The van der Waals surface area contributed by atoms with Crippen molar-refractivity contribution < 1.29 is 13.2 Å². The Labute approximate surface area is 179 Å². The molecule has 1 unspecified atom stereocenters. The minimum absolute atomic E-state index is 0.0644. The van der Waals surface area contributed by atoms with Crippen LogP contribution in [0.4, 0.5) is 5.69 Å². The van der Waals surface area contributed by atoms with Crippen LogP contribution < -0.4 is 10.0 Å². The minimum Gasteiger partial charge on any atom is -0.325 e. The number of halogens is 1. The van der Waals surface area contributed by atoms with Crippen molar-refractivity contribution in [2.45, 2.75) is 17.4 Å². The molecule has 0 aliphatic heterocycles. The normalized spacial score (nSPS) is 12.6.